The molecule has 0 N–H and O–H groups in total. The predicted molar refractivity (Wildman–Crippen MR) is 244 cm³/mol. The lowest BCUT2D eigenvalue weighted by atomic mass is 9.95. The van der Waals surface area contributed by atoms with Crippen LogP contribution >= 0.6 is 11.6 Å². The van der Waals surface area contributed by atoms with Gasteiger partial charge in [-0.15, -0.1) is 0 Å². The number of fused-ring (bicyclic) bond motifs is 4. The molecule has 5 aromatic rings. The molecule has 4 aliphatic heterocycles. The van der Waals surface area contributed by atoms with Gasteiger partial charge in [-0.25, -0.2) is 18.6 Å². The second-order valence-electron chi connectivity index (χ2n) is 18.9. The Hall–Kier alpha value is -5.68. The third-order valence-corrected chi connectivity index (χ3v) is 13.6. The topological polar surface area (TPSA) is 106 Å². The van der Waals surface area contributed by atoms with E-state index < -0.39 is 57.2 Å². The van der Waals surface area contributed by atoms with Crippen molar-refractivity contribution in [2.24, 2.45) is 0 Å². The molecule has 0 radical (unpaired) electrons. The Balaban J connectivity index is 1.15. The first-order valence-electron chi connectivity index (χ1n) is 22.5. The second-order valence-corrected chi connectivity index (χ2v) is 19.3. The minimum Gasteiger partial charge on any atom is -0.497 e. The van der Waals surface area contributed by atoms with Gasteiger partial charge in [0.15, 0.2) is 5.82 Å². The Morgan fingerprint density at radius 2 is 1.51 bits per heavy atom. The van der Waals surface area contributed by atoms with Crippen molar-refractivity contribution in [1.82, 2.24) is 24.8 Å². The van der Waals surface area contributed by atoms with E-state index in [0.717, 1.165) is 23.6 Å². The molecule has 6 heterocycles. The van der Waals surface area contributed by atoms with Gasteiger partial charge in [0.05, 0.1) is 42.6 Å². The van der Waals surface area contributed by atoms with Crippen LogP contribution in [0.25, 0.3) is 22.2 Å². The van der Waals surface area contributed by atoms with Crippen LogP contribution in [0.4, 0.5) is 38.4 Å². The number of aromatic nitrogens is 3. The number of methoxy groups -OCH3 is 2. The van der Waals surface area contributed by atoms with Crippen molar-refractivity contribution in [3.8, 4) is 28.8 Å². The summed E-state index contributed by atoms with van der Waals surface area (Å²) in [6.07, 6.45) is -3.29. The molecule has 0 unspecified atom stereocenters. The van der Waals surface area contributed by atoms with Gasteiger partial charge in [-0.3, -0.25) is 9.80 Å². The van der Waals surface area contributed by atoms with Crippen molar-refractivity contribution in [2.45, 2.75) is 102 Å². The van der Waals surface area contributed by atoms with Gasteiger partial charge in [-0.05, 0) is 107 Å². The smallest absolute Gasteiger partial charge is 0.419 e. The molecular formula is C49H53ClF5N7O5. The molecule has 1 amide bonds. The lowest BCUT2D eigenvalue weighted by molar-refractivity contribution is -0.137. The van der Waals surface area contributed by atoms with Crippen LogP contribution in [0.5, 0.6) is 17.5 Å². The van der Waals surface area contributed by atoms with Crippen LogP contribution < -0.4 is 24.0 Å². The Morgan fingerprint density at radius 1 is 0.881 bits per heavy atom. The molecule has 18 heteroatoms. The van der Waals surface area contributed by atoms with Crippen LogP contribution in [0.1, 0.15) is 69.6 Å². The highest BCUT2D eigenvalue weighted by Gasteiger charge is 2.50. The Labute approximate surface area is 390 Å². The number of hydrogen-bond acceptors (Lipinski definition) is 11. The molecule has 0 saturated carbocycles. The van der Waals surface area contributed by atoms with Crippen LogP contribution in [-0.4, -0.2) is 107 Å². The van der Waals surface area contributed by atoms with E-state index in [0.29, 0.717) is 56.2 Å². The van der Waals surface area contributed by atoms with E-state index in [1.807, 2.05) is 49.9 Å². The number of carbonyl (C=O) groups is 1. The number of carbonyl (C=O) groups excluding carboxylic acids is 1. The number of halogens is 6. The maximum atomic E-state index is 17.7. The van der Waals surface area contributed by atoms with Gasteiger partial charge in [-0.2, -0.15) is 23.1 Å². The van der Waals surface area contributed by atoms with E-state index in [1.54, 1.807) is 48.3 Å². The molecule has 356 valence electrons. The van der Waals surface area contributed by atoms with Gasteiger partial charge >= 0.3 is 18.3 Å². The van der Waals surface area contributed by atoms with Gasteiger partial charge in [0, 0.05) is 50.1 Å². The second kappa shape index (κ2) is 18.1. The summed E-state index contributed by atoms with van der Waals surface area (Å²) in [5, 5.41) is -0.448. The third kappa shape index (κ3) is 9.45. The van der Waals surface area contributed by atoms with Gasteiger partial charge in [0.1, 0.15) is 52.6 Å². The highest BCUT2D eigenvalue weighted by molar-refractivity contribution is 6.32. The number of benzene rings is 3. The third-order valence-electron chi connectivity index (χ3n) is 13.3. The fourth-order valence-electron chi connectivity index (χ4n) is 10.2. The molecule has 4 fully saturated rings. The van der Waals surface area contributed by atoms with Crippen LogP contribution in [0.3, 0.4) is 0 Å². The average Bonchev–Trinajstić information content (AvgIpc) is 3.91. The Morgan fingerprint density at radius 3 is 2.09 bits per heavy atom. The number of hydrogen-bond donors (Lipinski definition) is 0. The van der Waals surface area contributed by atoms with E-state index in [4.69, 9.17) is 35.5 Å². The molecule has 67 heavy (non-hydrogen) atoms. The highest BCUT2D eigenvalue weighted by Crippen LogP contribution is 2.46. The van der Waals surface area contributed by atoms with E-state index in [-0.39, 0.29) is 67.5 Å². The zero-order chi connectivity index (χ0) is 47.4. The van der Waals surface area contributed by atoms with Crippen molar-refractivity contribution >= 4 is 40.2 Å². The molecule has 3 aromatic carbocycles. The Kier molecular flexibility index (Phi) is 12.5. The summed E-state index contributed by atoms with van der Waals surface area (Å²) < 4.78 is 101. The fourth-order valence-corrected chi connectivity index (χ4v) is 10.5. The van der Waals surface area contributed by atoms with Gasteiger partial charge in [0.2, 0.25) is 0 Å². The number of rotatable bonds is 12. The number of ether oxygens (including phenoxy) is 4. The number of anilines is 2. The first-order valence-corrected chi connectivity index (χ1v) is 22.9. The van der Waals surface area contributed by atoms with Crippen LogP contribution in [0.15, 0.2) is 66.7 Å². The van der Waals surface area contributed by atoms with Crippen molar-refractivity contribution in [1.29, 1.82) is 0 Å². The summed E-state index contributed by atoms with van der Waals surface area (Å²) in [7, 11) is 3.10. The molecule has 4 atom stereocenters. The minimum atomic E-state index is -5.05. The molecule has 4 saturated heterocycles. The first-order chi connectivity index (χ1) is 31.9. The van der Waals surface area contributed by atoms with E-state index in [9.17, 15) is 9.18 Å². The number of piperazine rings is 1. The van der Waals surface area contributed by atoms with Crippen molar-refractivity contribution in [3.05, 3.63) is 94.3 Å². The van der Waals surface area contributed by atoms with Gasteiger partial charge in [-0.1, -0.05) is 35.9 Å². The summed E-state index contributed by atoms with van der Waals surface area (Å²) >= 11 is 6.62. The number of alkyl halides is 4. The van der Waals surface area contributed by atoms with E-state index >= 15 is 17.6 Å². The summed E-state index contributed by atoms with van der Waals surface area (Å²) in [6, 6.07) is 17.6. The minimum absolute atomic E-state index is 0.0347. The molecule has 2 aromatic heterocycles. The number of nitrogens with zero attached hydrogens (tertiary/aromatic N) is 7. The standard InChI is InChI=1S/C49H53ClF5N7O5/c1-47(2,3)67-46(63)62-32-11-12-33(62)27-60(26-32)44-37-18-17-36(41(52)43(37)57-45(58-44)66-28-48-19-6-20-61(48)25-31(51)22-48)42-40(49(53,54)55)38(50)21-39(56-42)59(23-29-7-13-34(64-4)14-8-29)24-30-9-15-35(65-5)16-10-30/h7-10,13-18,21,31-33H,6,11-12,19-20,22-28H2,1-5H3/t31-,32-,33+,48+/m1/s1. The molecule has 12 nitrogen and oxygen atoms in total. The lowest BCUT2D eigenvalue weighted by Crippen LogP contribution is -2.57. The summed E-state index contributed by atoms with van der Waals surface area (Å²) in [4.78, 5) is 34.9. The van der Waals surface area contributed by atoms with Crippen molar-refractivity contribution in [3.63, 3.8) is 0 Å². The zero-order valence-corrected chi connectivity index (χ0v) is 38.8. The van der Waals surface area contributed by atoms with E-state index in [1.165, 1.54) is 12.1 Å². The molecule has 4 aliphatic rings. The summed E-state index contributed by atoms with van der Waals surface area (Å²) in [5.41, 5.74) is -2.53. The van der Waals surface area contributed by atoms with Crippen LogP contribution in [0, 0.1) is 5.82 Å². The van der Waals surface area contributed by atoms with Gasteiger partial charge in [0.25, 0.3) is 0 Å². The first kappa shape index (κ1) is 46.4. The maximum Gasteiger partial charge on any atom is 0.419 e. The van der Waals surface area contributed by atoms with Crippen LogP contribution in [0.2, 0.25) is 5.02 Å². The SMILES string of the molecule is COc1ccc(CN(Cc2ccc(OC)cc2)c2cc(Cl)c(C(F)(F)F)c(-c3ccc4c(N5C[C@H]6CC[C@@H](C5)N6C(=O)OC(C)(C)C)nc(OC[C@@]56CCCN5C[C@H](F)C6)nc4c3F)n2)cc1. The molecular weight excluding hydrogens is 897 g/mol. The van der Waals surface area contributed by atoms with Crippen molar-refractivity contribution < 1.29 is 45.7 Å². The average molecular weight is 950 g/mol. The monoisotopic (exact) mass is 949 g/mol. The highest BCUT2D eigenvalue weighted by atomic mass is 35.5. The quantitative estimate of drug-likeness (QED) is 0.112. The lowest BCUT2D eigenvalue weighted by Gasteiger charge is -2.42. The van der Waals surface area contributed by atoms with E-state index in [2.05, 4.69) is 14.9 Å². The van der Waals surface area contributed by atoms with Gasteiger partial charge < -0.3 is 28.7 Å². The normalized spacial score (nSPS) is 21.7. The van der Waals surface area contributed by atoms with Crippen molar-refractivity contribution in [2.75, 3.05) is 56.8 Å². The summed E-state index contributed by atoms with van der Waals surface area (Å²) in [5.74, 6) is 0.516. The Bertz CT molecular complexity index is 2570. The predicted octanol–water partition coefficient (Wildman–Crippen LogP) is 10.3. The molecule has 0 aliphatic carbocycles. The molecule has 9 rings (SSSR count). The number of pyridine rings is 1. The fraction of sp³-hybridized carbons (Fsp3) is 0.469. The van der Waals surface area contributed by atoms with Crippen LogP contribution in [-0.2, 0) is 24.0 Å². The summed E-state index contributed by atoms with van der Waals surface area (Å²) in [6.45, 7) is 7.47. The zero-order valence-electron chi connectivity index (χ0n) is 38.0. The molecule has 2 bridgehead atoms. The number of amides is 1. The maximum absolute atomic E-state index is 17.7. The molecule has 0 spiro atoms. The largest absolute Gasteiger partial charge is 0.497 e.